The molecule has 6 nitrogen and oxygen atoms in total. The van der Waals surface area contributed by atoms with Gasteiger partial charge in [-0.05, 0) is 25.5 Å². The van der Waals surface area contributed by atoms with Crippen molar-refractivity contribution in [1.29, 1.82) is 5.26 Å². The van der Waals surface area contributed by atoms with Crippen LogP contribution in [0.3, 0.4) is 0 Å². The number of carbonyl (C=O) groups is 2. The predicted octanol–water partition coefficient (Wildman–Crippen LogP) is 0.224. The van der Waals surface area contributed by atoms with Crippen molar-refractivity contribution in [2.24, 2.45) is 11.1 Å². The summed E-state index contributed by atoms with van der Waals surface area (Å²) in [7, 11) is 0. The van der Waals surface area contributed by atoms with Crippen molar-refractivity contribution in [3.8, 4) is 6.07 Å². The second kappa shape index (κ2) is 4.18. The molecule has 1 atom stereocenters. The molecular weight excluding hydrogens is 232 g/mol. The third-order valence-corrected chi connectivity index (χ3v) is 3.39. The fourth-order valence-electron chi connectivity index (χ4n) is 2.09. The highest BCUT2D eigenvalue weighted by Crippen LogP contribution is 2.30. The number of nitrogens with zero attached hydrogens (tertiary/aromatic N) is 2. The van der Waals surface area contributed by atoms with E-state index >= 15 is 0 Å². The molecule has 0 spiro atoms. The number of carbonyl (C=O) groups excluding carboxylic acids is 2. The van der Waals surface area contributed by atoms with Crippen LogP contribution in [0.15, 0.2) is 12.1 Å². The zero-order chi connectivity index (χ0) is 13.3. The van der Waals surface area contributed by atoms with E-state index in [9.17, 15) is 9.59 Å². The Morgan fingerprint density at radius 2 is 2.28 bits per heavy atom. The van der Waals surface area contributed by atoms with Crippen molar-refractivity contribution in [1.82, 2.24) is 9.88 Å². The Morgan fingerprint density at radius 3 is 2.78 bits per heavy atom. The zero-order valence-corrected chi connectivity index (χ0v) is 10.1. The van der Waals surface area contributed by atoms with Gasteiger partial charge in [0, 0.05) is 13.1 Å². The summed E-state index contributed by atoms with van der Waals surface area (Å²) in [5.74, 6) is -0.594. The fraction of sp³-hybridized carbons (Fsp3) is 0.417. The molecule has 6 heteroatoms. The van der Waals surface area contributed by atoms with Crippen LogP contribution in [0.4, 0.5) is 0 Å². The summed E-state index contributed by atoms with van der Waals surface area (Å²) in [6, 6.07) is 5.05. The van der Waals surface area contributed by atoms with Crippen molar-refractivity contribution in [3.63, 3.8) is 0 Å². The SMILES string of the molecule is CC1(C(N)=O)CCN(C(=O)c2ccc(C#N)[nH]2)C1. The molecule has 2 heterocycles. The van der Waals surface area contributed by atoms with E-state index in [4.69, 9.17) is 11.0 Å². The van der Waals surface area contributed by atoms with Crippen molar-refractivity contribution in [3.05, 3.63) is 23.5 Å². The van der Waals surface area contributed by atoms with Gasteiger partial charge >= 0.3 is 0 Å². The number of nitrogens with one attached hydrogen (secondary N) is 1. The molecule has 1 aromatic heterocycles. The Kier molecular flexibility index (Phi) is 2.83. The topological polar surface area (TPSA) is 103 Å². The monoisotopic (exact) mass is 246 g/mol. The average Bonchev–Trinajstić information content (AvgIpc) is 2.95. The van der Waals surface area contributed by atoms with E-state index in [-0.39, 0.29) is 11.8 Å². The van der Waals surface area contributed by atoms with Gasteiger partial charge in [0.1, 0.15) is 17.5 Å². The number of aromatic nitrogens is 1. The second-order valence-corrected chi connectivity index (χ2v) is 4.80. The van der Waals surface area contributed by atoms with E-state index in [0.717, 1.165) is 0 Å². The second-order valence-electron chi connectivity index (χ2n) is 4.80. The van der Waals surface area contributed by atoms with Gasteiger partial charge in [-0.2, -0.15) is 5.26 Å². The highest BCUT2D eigenvalue weighted by atomic mass is 16.2. The largest absolute Gasteiger partial charge is 0.369 e. The first-order valence-corrected chi connectivity index (χ1v) is 5.64. The van der Waals surface area contributed by atoms with E-state index in [0.29, 0.717) is 30.9 Å². The predicted molar refractivity (Wildman–Crippen MR) is 63.3 cm³/mol. The van der Waals surface area contributed by atoms with Crippen LogP contribution in [0.5, 0.6) is 0 Å². The van der Waals surface area contributed by atoms with E-state index in [1.54, 1.807) is 24.0 Å². The molecule has 0 radical (unpaired) electrons. The summed E-state index contributed by atoms with van der Waals surface area (Å²) < 4.78 is 0. The summed E-state index contributed by atoms with van der Waals surface area (Å²) in [6.45, 7) is 2.58. The third-order valence-electron chi connectivity index (χ3n) is 3.39. The van der Waals surface area contributed by atoms with Crippen molar-refractivity contribution in [2.45, 2.75) is 13.3 Å². The number of rotatable bonds is 2. The van der Waals surface area contributed by atoms with E-state index in [1.807, 2.05) is 6.07 Å². The van der Waals surface area contributed by atoms with Gasteiger partial charge in [0.25, 0.3) is 5.91 Å². The lowest BCUT2D eigenvalue weighted by molar-refractivity contribution is -0.126. The normalized spacial score (nSPS) is 22.8. The van der Waals surface area contributed by atoms with Gasteiger partial charge in [-0.1, -0.05) is 0 Å². The van der Waals surface area contributed by atoms with Crippen molar-refractivity contribution >= 4 is 11.8 Å². The molecule has 1 aromatic rings. The molecule has 0 aliphatic carbocycles. The van der Waals surface area contributed by atoms with Gasteiger partial charge in [-0.15, -0.1) is 0 Å². The van der Waals surface area contributed by atoms with Crippen LogP contribution in [-0.2, 0) is 4.79 Å². The minimum absolute atomic E-state index is 0.207. The maximum atomic E-state index is 12.1. The number of H-pyrrole nitrogens is 1. The van der Waals surface area contributed by atoms with Crippen LogP contribution in [-0.4, -0.2) is 34.8 Å². The number of hydrogen-bond acceptors (Lipinski definition) is 3. The van der Waals surface area contributed by atoms with Crippen LogP contribution in [0, 0.1) is 16.7 Å². The molecule has 1 saturated heterocycles. The summed E-state index contributed by atoms with van der Waals surface area (Å²) in [5.41, 5.74) is 5.38. The van der Waals surface area contributed by atoms with E-state index < -0.39 is 5.41 Å². The highest BCUT2D eigenvalue weighted by Gasteiger charge is 2.40. The molecule has 94 valence electrons. The van der Waals surface area contributed by atoms with Gasteiger partial charge in [-0.3, -0.25) is 9.59 Å². The van der Waals surface area contributed by atoms with Crippen LogP contribution < -0.4 is 5.73 Å². The smallest absolute Gasteiger partial charge is 0.270 e. The van der Waals surface area contributed by atoms with Crippen LogP contribution >= 0.6 is 0 Å². The molecule has 0 bridgehead atoms. The average molecular weight is 246 g/mol. The van der Waals surface area contributed by atoms with Crippen molar-refractivity contribution < 1.29 is 9.59 Å². The van der Waals surface area contributed by atoms with Gasteiger partial charge in [0.2, 0.25) is 5.91 Å². The van der Waals surface area contributed by atoms with Gasteiger partial charge in [0.15, 0.2) is 0 Å². The first-order chi connectivity index (χ1) is 8.46. The van der Waals surface area contributed by atoms with Crippen molar-refractivity contribution in [2.75, 3.05) is 13.1 Å². The van der Waals surface area contributed by atoms with Crippen LogP contribution in [0.1, 0.15) is 29.5 Å². The van der Waals surface area contributed by atoms with Crippen LogP contribution in [0.25, 0.3) is 0 Å². The maximum Gasteiger partial charge on any atom is 0.270 e. The molecule has 0 saturated carbocycles. The Morgan fingerprint density at radius 1 is 1.56 bits per heavy atom. The molecular formula is C12H14N4O2. The first kappa shape index (κ1) is 12.2. The summed E-state index contributed by atoms with van der Waals surface area (Å²) in [6.07, 6.45) is 0.569. The molecule has 2 rings (SSSR count). The minimum atomic E-state index is -0.652. The summed E-state index contributed by atoms with van der Waals surface area (Å²) in [5, 5.41) is 8.69. The lowest BCUT2D eigenvalue weighted by Crippen LogP contribution is -2.38. The number of hydrogen-bond donors (Lipinski definition) is 2. The number of nitriles is 1. The zero-order valence-electron chi connectivity index (χ0n) is 10.1. The first-order valence-electron chi connectivity index (χ1n) is 5.64. The molecule has 2 amide bonds. The summed E-state index contributed by atoms with van der Waals surface area (Å²) >= 11 is 0. The number of primary amides is 1. The number of aromatic amines is 1. The van der Waals surface area contributed by atoms with Gasteiger partial charge in [-0.25, -0.2) is 0 Å². The van der Waals surface area contributed by atoms with Crippen LogP contribution in [0.2, 0.25) is 0 Å². The molecule has 3 N–H and O–H groups in total. The Labute approximate surface area is 104 Å². The minimum Gasteiger partial charge on any atom is -0.369 e. The molecule has 1 aliphatic rings. The number of likely N-dealkylation sites (tertiary alicyclic amines) is 1. The Bertz CT molecular complexity index is 543. The Balaban J connectivity index is 2.13. The molecule has 1 aliphatic heterocycles. The maximum absolute atomic E-state index is 12.1. The lowest BCUT2D eigenvalue weighted by Gasteiger charge is -2.20. The van der Waals surface area contributed by atoms with Gasteiger partial charge in [0.05, 0.1) is 5.41 Å². The third kappa shape index (κ3) is 1.95. The quantitative estimate of drug-likeness (QED) is 0.780. The molecule has 0 aromatic carbocycles. The molecule has 1 unspecified atom stereocenters. The molecule has 18 heavy (non-hydrogen) atoms. The van der Waals surface area contributed by atoms with Gasteiger partial charge < -0.3 is 15.6 Å². The Hall–Kier alpha value is -2.29. The number of nitrogens with two attached hydrogens (primary N) is 1. The summed E-state index contributed by atoms with van der Waals surface area (Å²) in [4.78, 5) is 27.7. The van der Waals surface area contributed by atoms with E-state index in [2.05, 4.69) is 4.98 Å². The number of amides is 2. The standard InChI is InChI=1S/C12H14N4O2/c1-12(11(14)18)4-5-16(7-12)10(17)9-3-2-8(6-13)15-9/h2-3,15H,4-5,7H2,1H3,(H2,14,18). The fourth-order valence-corrected chi connectivity index (χ4v) is 2.09. The molecule has 1 fully saturated rings. The van der Waals surface area contributed by atoms with E-state index in [1.165, 1.54) is 0 Å². The lowest BCUT2D eigenvalue weighted by atomic mass is 9.89. The highest BCUT2D eigenvalue weighted by molar-refractivity contribution is 5.94.